The summed E-state index contributed by atoms with van der Waals surface area (Å²) in [6.07, 6.45) is 0. The third-order valence-electron chi connectivity index (χ3n) is 3.00. The summed E-state index contributed by atoms with van der Waals surface area (Å²) in [5, 5.41) is 11.7. The van der Waals surface area contributed by atoms with Crippen molar-refractivity contribution < 1.29 is 14.7 Å². The predicted octanol–water partition coefficient (Wildman–Crippen LogP) is 3.29. The van der Waals surface area contributed by atoms with Gasteiger partial charge >= 0.3 is 5.97 Å². The molecule has 0 heterocycles. The van der Waals surface area contributed by atoms with Crippen molar-refractivity contribution in [2.24, 2.45) is 0 Å². The van der Waals surface area contributed by atoms with E-state index in [0.717, 1.165) is 5.56 Å². The van der Waals surface area contributed by atoms with Crippen molar-refractivity contribution in [1.82, 2.24) is 0 Å². The van der Waals surface area contributed by atoms with Gasteiger partial charge in [-0.1, -0.05) is 22.0 Å². The first-order valence-electron chi connectivity index (χ1n) is 6.09. The molecule has 108 valence electrons. The van der Waals surface area contributed by atoms with E-state index in [1.807, 2.05) is 6.92 Å². The molecule has 2 aromatic carbocycles. The first-order chi connectivity index (χ1) is 9.88. The largest absolute Gasteiger partial charge is 0.478 e. The molecule has 0 aliphatic carbocycles. The molecule has 0 aliphatic heterocycles. The molecule has 6 heteroatoms. The number of carbonyl (C=O) groups is 2. The minimum atomic E-state index is -1.11. The smallest absolute Gasteiger partial charge is 0.337 e. The van der Waals surface area contributed by atoms with Crippen LogP contribution in [-0.2, 0) is 0 Å². The molecule has 0 saturated carbocycles. The Bertz CT molecular complexity index is 729. The molecule has 0 fully saturated rings. The summed E-state index contributed by atoms with van der Waals surface area (Å²) < 4.78 is 0.672. The van der Waals surface area contributed by atoms with E-state index in [0.29, 0.717) is 15.7 Å². The molecule has 0 atom stereocenters. The van der Waals surface area contributed by atoms with Crippen molar-refractivity contribution in [3.05, 3.63) is 57.6 Å². The SMILES string of the molecule is Cc1ccc(C(=O)Nc2cc(Br)ccc2C(=O)O)cc1N. The maximum Gasteiger partial charge on any atom is 0.337 e. The number of anilines is 2. The zero-order chi connectivity index (χ0) is 15.6. The van der Waals surface area contributed by atoms with Crippen molar-refractivity contribution in [3.8, 4) is 0 Å². The van der Waals surface area contributed by atoms with E-state index >= 15 is 0 Å². The minimum Gasteiger partial charge on any atom is -0.478 e. The van der Waals surface area contributed by atoms with Crippen LogP contribution in [0.5, 0.6) is 0 Å². The third kappa shape index (κ3) is 3.41. The summed E-state index contributed by atoms with van der Waals surface area (Å²) in [7, 11) is 0. The number of aromatic carboxylic acids is 1. The zero-order valence-corrected chi connectivity index (χ0v) is 12.8. The highest BCUT2D eigenvalue weighted by atomic mass is 79.9. The monoisotopic (exact) mass is 348 g/mol. The fourth-order valence-corrected chi connectivity index (χ4v) is 2.14. The molecule has 2 aromatic rings. The Hall–Kier alpha value is -2.34. The Morgan fingerprint density at radius 3 is 2.52 bits per heavy atom. The van der Waals surface area contributed by atoms with Gasteiger partial charge in [-0.2, -0.15) is 0 Å². The third-order valence-corrected chi connectivity index (χ3v) is 3.49. The van der Waals surface area contributed by atoms with E-state index in [1.54, 1.807) is 30.3 Å². The molecular formula is C15H13BrN2O3. The van der Waals surface area contributed by atoms with Gasteiger partial charge in [-0.25, -0.2) is 4.79 Å². The Labute approximate surface area is 129 Å². The molecule has 0 aliphatic rings. The van der Waals surface area contributed by atoms with Gasteiger partial charge in [-0.05, 0) is 42.8 Å². The molecule has 1 amide bonds. The number of hydrogen-bond donors (Lipinski definition) is 3. The zero-order valence-electron chi connectivity index (χ0n) is 11.2. The van der Waals surface area contributed by atoms with Crippen LogP contribution >= 0.6 is 15.9 Å². The number of rotatable bonds is 3. The second-order valence-corrected chi connectivity index (χ2v) is 5.44. The van der Waals surface area contributed by atoms with E-state index in [-0.39, 0.29) is 11.3 Å². The van der Waals surface area contributed by atoms with Gasteiger partial charge in [-0.3, -0.25) is 4.79 Å². The summed E-state index contributed by atoms with van der Waals surface area (Å²) in [5.41, 5.74) is 7.77. The van der Waals surface area contributed by atoms with Crippen molar-refractivity contribution in [2.45, 2.75) is 6.92 Å². The lowest BCUT2D eigenvalue weighted by atomic mass is 10.1. The van der Waals surface area contributed by atoms with Crippen LogP contribution in [0.15, 0.2) is 40.9 Å². The number of carbonyl (C=O) groups excluding carboxylic acids is 1. The number of nitrogens with one attached hydrogen (secondary N) is 1. The molecule has 0 bridgehead atoms. The van der Waals surface area contributed by atoms with Crippen molar-refractivity contribution in [2.75, 3.05) is 11.1 Å². The van der Waals surface area contributed by atoms with Crippen LogP contribution in [0.4, 0.5) is 11.4 Å². The first-order valence-corrected chi connectivity index (χ1v) is 6.88. The maximum absolute atomic E-state index is 12.2. The second-order valence-electron chi connectivity index (χ2n) is 4.52. The number of carboxylic acid groups (broad SMARTS) is 1. The van der Waals surface area contributed by atoms with Gasteiger partial charge < -0.3 is 16.2 Å². The summed E-state index contributed by atoms with van der Waals surface area (Å²) in [5.74, 6) is -1.52. The van der Waals surface area contributed by atoms with Gasteiger partial charge in [0.15, 0.2) is 0 Å². The fraction of sp³-hybridized carbons (Fsp3) is 0.0667. The van der Waals surface area contributed by atoms with E-state index in [2.05, 4.69) is 21.2 Å². The van der Waals surface area contributed by atoms with Gasteiger partial charge in [0.2, 0.25) is 0 Å². The predicted molar refractivity (Wildman–Crippen MR) is 84.6 cm³/mol. The summed E-state index contributed by atoms with van der Waals surface area (Å²) >= 11 is 3.25. The number of hydrogen-bond acceptors (Lipinski definition) is 3. The molecular weight excluding hydrogens is 336 g/mol. The number of nitrogens with two attached hydrogens (primary N) is 1. The molecule has 0 aromatic heterocycles. The number of carboxylic acids is 1. The van der Waals surface area contributed by atoms with Crippen LogP contribution in [0.3, 0.4) is 0 Å². The van der Waals surface area contributed by atoms with Crippen molar-refractivity contribution in [3.63, 3.8) is 0 Å². The standard InChI is InChI=1S/C15H13BrN2O3/c1-8-2-3-9(6-12(8)17)14(19)18-13-7-10(16)4-5-11(13)15(20)21/h2-7H,17H2,1H3,(H,18,19)(H,20,21). The lowest BCUT2D eigenvalue weighted by Gasteiger charge is -2.10. The minimum absolute atomic E-state index is 0.0200. The highest BCUT2D eigenvalue weighted by Gasteiger charge is 2.14. The molecule has 4 N–H and O–H groups in total. The van der Waals surface area contributed by atoms with Crippen LogP contribution in [0.25, 0.3) is 0 Å². The number of benzene rings is 2. The number of nitrogen functional groups attached to an aromatic ring is 1. The molecule has 0 radical (unpaired) electrons. The summed E-state index contributed by atoms with van der Waals surface area (Å²) in [6, 6.07) is 9.50. The van der Waals surface area contributed by atoms with Gasteiger partial charge in [-0.15, -0.1) is 0 Å². The second kappa shape index (κ2) is 5.97. The number of amides is 1. The lowest BCUT2D eigenvalue weighted by Crippen LogP contribution is -2.15. The normalized spacial score (nSPS) is 10.2. The number of halogens is 1. The first kappa shape index (κ1) is 15.1. The van der Waals surface area contributed by atoms with E-state index in [1.165, 1.54) is 6.07 Å². The Balaban J connectivity index is 2.33. The molecule has 0 spiro atoms. The average molecular weight is 349 g/mol. The Morgan fingerprint density at radius 1 is 1.19 bits per heavy atom. The highest BCUT2D eigenvalue weighted by Crippen LogP contribution is 2.23. The molecule has 0 saturated heterocycles. The molecule has 21 heavy (non-hydrogen) atoms. The fourth-order valence-electron chi connectivity index (χ4n) is 1.78. The van der Waals surface area contributed by atoms with Crippen molar-refractivity contribution in [1.29, 1.82) is 0 Å². The van der Waals surface area contributed by atoms with Gasteiger partial charge in [0, 0.05) is 15.7 Å². The van der Waals surface area contributed by atoms with E-state index in [4.69, 9.17) is 10.8 Å². The van der Waals surface area contributed by atoms with Crippen LogP contribution in [0.1, 0.15) is 26.3 Å². The molecule has 2 rings (SSSR count). The van der Waals surface area contributed by atoms with Crippen LogP contribution in [0.2, 0.25) is 0 Å². The van der Waals surface area contributed by atoms with Gasteiger partial charge in [0.25, 0.3) is 5.91 Å². The highest BCUT2D eigenvalue weighted by molar-refractivity contribution is 9.10. The van der Waals surface area contributed by atoms with Gasteiger partial charge in [0.05, 0.1) is 11.3 Å². The van der Waals surface area contributed by atoms with E-state index < -0.39 is 11.9 Å². The Kier molecular flexibility index (Phi) is 4.28. The molecule has 0 unspecified atom stereocenters. The average Bonchev–Trinajstić information content (AvgIpc) is 2.41. The van der Waals surface area contributed by atoms with Crippen LogP contribution in [0, 0.1) is 6.92 Å². The van der Waals surface area contributed by atoms with Crippen molar-refractivity contribution >= 4 is 39.2 Å². The Morgan fingerprint density at radius 2 is 1.90 bits per heavy atom. The summed E-state index contributed by atoms with van der Waals surface area (Å²) in [4.78, 5) is 23.4. The van der Waals surface area contributed by atoms with Crippen LogP contribution in [-0.4, -0.2) is 17.0 Å². The maximum atomic E-state index is 12.2. The van der Waals surface area contributed by atoms with E-state index in [9.17, 15) is 9.59 Å². The quantitative estimate of drug-likeness (QED) is 0.742. The number of aryl methyl sites for hydroxylation is 1. The van der Waals surface area contributed by atoms with Gasteiger partial charge in [0.1, 0.15) is 0 Å². The molecule has 5 nitrogen and oxygen atoms in total. The lowest BCUT2D eigenvalue weighted by molar-refractivity contribution is 0.0698. The summed E-state index contributed by atoms with van der Waals surface area (Å²) in [6.45, 7) is 1.84. The van der Waals surface area contributed by atoms with Crippen LogP contribution < -0.4 is 11.1 Å². The topological polar surface area (TPSA) is 92.4 Å².